The lowest BCUT2D eigenvalue weighted by molar-refractivity contribution is -0.0435. The molecular weight excluding hydrogens is 574 g/mol. The first-order valence-corrected chi connectivity index (χ1v) is 13.6. The Balaban J connectivity index is 1.55. The third kappa shape index (κ3) is 6.17. The van der Waals surface area contributed by atoms with E-state index < -0.39 is 31.1 Å². The Morgan fingerprint density at radius 1 is 0.744 bits per heavy atom. The van der Waals surface area contributed by atoms with Crippen LogP contribution < -0.4 is 9.44 Å². The molecule has 8 nitrogen and oxygen atoms in total. The van der Waals surface area contributed by atoms with E-state index in [4.69, 9.17) is 0 Å². The van der Waals surface area contributed by atoms with Crippen LogP contribution in [0.4, 0.5) is 37.7 Å². The SMILES string of the molecule is O=S(=O)(Nc1ccc(C=Cc2nc3cc(-c4ccccc4NS(=O)(=O)C(F)(F)F)ccc3[nH]2)cc1)C(F)(F)F. The van der Waals surface area contributed by atoms with Gasteiger partial charge in [-0.1, -0.05) is 42.5 Å². The van der Waals surface area contributed by atoms with Crippen molar-refractivity contribution in [3.63, 3.8) is 0 Å². The number of aromatic amines is 1. The second-order valence-electron chi connectivity index (χ2n) is 7.96. The van der Waals surface area contributed by atoms with Crippen molar-refractivity contribution in [1.82, 2.24) is 9.97 Å². The van der Waals surface area contributed by atoms with Crippen LogP contribution >= 0.6 is 0 Å². The Hall–Kier alpha value is -4.05. The molecule has 0 aliphatic carbocycles. The fourth-order valence-electron chi connectivity index (χ4n) is 3.35. The lowest BCUT2D eigenvalue weighted by Gasteiger charge is -2.14. The van der Waals surface area contributed by atoms with Crippen molar-refractivity contribution in [1.29, 1.82) is 0 Å². The number of fused-ring (bicyclic) bond motifs is 1. The standard InChI is InChI=1S/C23H16F6N4O4S2/c24-22(25,26)38(34,35)32-16-9-5-14(6-10-16)7-12-21-30-19-11-8-15(13-20(19)31-21)17-3-1-2-4-18(17)33-39(36,37)23(27,28)29/h1-13,32-33H,(H,30,31). The lowest BCUT2D eigenvalue weighted by Crippen LogP contribution is -2.30. The van der Waals surface area contributed by atoms with Crippen molar-refractivity contribution in [2.24, 2.45) is 0 Å². The van der Waals surface area contributed by atoms with Crippen LogP contribution in [-0.4, -0.2) is 37.8 Å². The molecule has 3 aromatic carbocycles. The summed E-state index contributed by atoms with van der Waals surface area (Å²) in [5, 5.41) is 0. The summed E-state index contributed by atoms with van der Waals surface area (Å²) < 4.78 is 125. The van der Waals surface area contributed by atoms with E-state index in [1.807, 2.05) is 0 Å². The number of aromatic nitrogens is 2. The highest BCUT2D eigenvalue weighted by molar-refractivity contribution is 7.93. The summed E-state index contributed by atoms with van der Waals surface area (Å²) in [6, 6.07) is 15.3. The molecule has 0 saturated heterocycles. The Morgan fingerprint density at radius 3 is 2.00 bits per heavy atom. The van der Waals surface area contributed by atoms with Gasteiger partial charge in [0, 0.05) is 11.3 Å². The van der Waals surface area contributed by atoms with Gasteiger partial charge in [-0.05, 0) is 47.5 Å². The molecule has 0 aliphatic heterocycles. The van der Waals surface area contributed by atoms with E-state index >= 15 is 0 Å². The molecule has 0 unspecified atom stereocenters. The second-order valence-corrected chi connectivity index (χ2v) is 11.3. The van der Waals surface area contributed by atoms with Gasteiger partial charge in [-0.3, -0.25) is 9.44 Å². The highest BCUT2D eigenvalue weighted by atomic mass is 32.2. The number of para-hydroxylation sites is 1. The molecule has 206 valence electrons. The first-order valence-electron chi connectivity index (χ1n) is 10.6. The monoisotopic (exact) mass is 590 g/mol. The zero-order valence-corrected chi connectivity index (χ0v) is 20.8. The molecule has 3 N–H and O–H groups in total. The number of nitrogens with zero attached hydrogens (tertiary/aromatic N) is 1. The van der Waals surface area contributed by atoms with Gasteiger partial charge in [-0.2, -0.15) is 43.2 Å². The summed E-state index contributed by atoms with van der Waals surface area (Å²) in [5.41, 5.74) is -9.44. The second kappa shape index (κ2) is 9.92. The maximum absolute atomic E-state index is 12.8. The molecule has 0 atom stereocenters. The molecule has 16 heteroatoms. The molecule has 0 aliphatic rings. The van der Waals surface area contributed by atoms with E-state index in [9.17, 15) is 43.2 Å². The summed E-state index contributed by atoms with van der Waals surface area (Å²) in [6.45, 7) is 0. The maximum atomic E-state index is 12.8. The lowest BCUT2D eigenvalue weighted by atomic mass is 10.0. The van der Waals surface area contributed by atoms with Crippen molar-refractivity contribution < 1.29 is 43.2 Å². The van der Waals surface area contributed by atoms with E-state index in [2.05, 4.69) is 9.97 Å². The van der Waals surface area contributed by atoms with Crippen LogP contribution in [0.25, 0.3) is 34.3 Å². The maximum Gasteiger partial charge on any atom is 0.516 e. The van der Waals surface area contributed by atoms with Gasteiger partial charge in [0.1, 0.15) is 5.82 Å². The minimum absolute atomic E-state index is 0.188. The number of sulfonamides is 2. The molecule has 0 spiro atoms. The van der Waals surface area contributed by atoms with Crippen LogP contribution in [0, 0.1) is 0 Å². The number of H-pyrrole nitrogens is 1. The predicted molar refractivity (Wildman–Crippen MR) is 134 cm³/mol. The molecular formula is C23H16F6N4O4S2. The summed E-state index contributed by atoms with van der Waals surface area (Å²) in [6.07, 6.45) is 3.10. The predicted octanol–water partition coefficient (Wildman–Crippen LogP) is 5.92. The zero-order valence-electron chi connectivity index (χ0n) is 19.2. The number of hydrogen-bond acceptors (Lipinski definition) is 5. The average molecular weight is 591 g/mol. The van der Waals surface area contributed by atoms with Gasteiger partial charge in [0.25, 0.3) is 0 Å². The average Bonchev–Trinajstić information content (AvgIpc) is 3.24. The van der Waals surface area contributed by atoms with Crippen LogP contribution in [0.2, 0.25) is 0 Å². The van der Waals surface area contributed by atoms with Gasteiger partial charge in [0.2, 0.25) is 0 Å². The van der Waals surface area contributed by atoms with Gasteiger partial charge in [0.05, 0.1) is 16.7 Å². The van der Waals surface area contributed by atoms with Crippen molar-refractivity contribution >= 4 is 54.6 Å². The summed E-state index contributed by atoms with van der Waals surface area (Å²) in [4.78, 5) is 7.37. The van der Waals surface area contributed by atoms with E-state index in [0.29, 0.717) is 28.0 Å². The summed E-state index contributed by atoms with van der Waals surface area (Å²) in [7, 11) is -11.2. The third-order valence-corrected chi connectivity index (χ3v) is 7.40. The minimum atomic E-state index is -5.64. The molecule has 0 radical (unpaired) electrons. The first kappa shape index (κ1) is 28.0. The number of halogens is 6. The Kier molecular flexibility index (Phi) is 7.12. The summed E-state index contributed by atoms with van der Waals surface area (Å²) in [5.74, 6) is 0.357. The number of rotatable bonds is 7. The molecule has 4 rings (SSSR count). The van der Waals surface area contributed by atoms with Crippen LogP contribution in [-0.2, 0) is 20.0 Å². The smallest absolute Gasteiger partial charge is 0.338 e. The van der Waals surface area contributed by atoms with Crippen LogP contribution in [0.1, 0.15) is 11.4 Å². The third-order valence-electron chi connectivity index (χ3n) is 5.19. The number of alkyl halides is 6. The van der Waals surface area contributed by atoms with Crippen molar-refractivity contribution in [2.75, 3.05) is 9.44 Å². The van der Waals surface area contributed by atoms with Crippen LogP contribution in [0.15, 0.2) is 66.7 Å². The number of hydrogen-bond donors (Lipinski definition) is 3. The largest absolute Gasteiger partial charge is 0.516 e. The first-order chi connectivity index (χ1) is 18.1. The van der Waals surface area contributed by atoms with Crippen molar-refractivity contribution in [3.05, 3.63) is 78.1 Å². The van der Waals surface area contributed by atoms with Crippen LogP contribution in [0.3, 0.4) is 0 Å². The molecule has 0 amide bonds. The number of anilines is 2. The van der Waals surface area contributed by atoms with Crippen LogP contribution in [0.5, 0.6) is 0 Å². The number of benzene rings is 3. The molecule has 39 heavy (non-hydrogen) atoms. The zero-order chi connectivity index (χ0) is 28.6. The van der Waals surface area contributed by atoms with E-state index in [1.165, 1.54) is 41.1 Å². The topological polar surface area (TPSA) is 121 Å². The van der Waals surface area contributed by atoms with Gasteiger partial charge < -0.3 is 4.98 Å². The number of imidazole rings is 1. The molecule has 0 saturated carbocycles. The van der Waals surface area contributed by atoms with E-state index in [1.54, 1.807) is 35.1 Å². The summed E-state index contributed by atoms with van der Waals surface area (Å²) >= 11 is 0. The number of nitrogens with one attached hydrogen (secondary N) is 3. The van der Waals surface area contributed by atoms with Gasteiger partial charge in [-0.25, -0.2) is 4.98 Å². The highest BCUT2D eigenvalue weighted by Crippen LogP contribution is 2.33. The quantitative estimate of drug-likeness (QED) is 0.231. The van der Waals surface area contributed by atoms with Gasteiger partial charge in [-0.15, -0.1) is 0 Å². The van der Waals surface area contributed by atoms with Gasteiger partial charge >= 0.3 is 31.1 Å². The van der Waals surface area contributed by atoms with Crippen molar-refractivity contribution in [3.8, 4) is 11.1 Å². The Bertz CT molecular complexity index is 1760. The fourth-order valence-corrected chi connectivity index (χ4v) is 4.49. The Morgan fingerprint density at radius 2 is 1.36 bits per heavy atom. The Labute approximate surface area is 217 Å². The molecule has 0 bridgehead atoms. The normalized spacial score (nSPS) is 13.2. The fraction of sp³-hybridized carbons (Fsp3) is 0.0870. The molecule has 1 aromatic heterocycles. The van der Waals surface area contributed by atoms with E-state index in [0.717, 1.165) is 12.1 Å². The van der Waals surface area contributed by atoms with E-state index in [-0.39, 0.29) is 16.9 Å². The molecule has 1 heterocycles. The van der Waals surface area contributed by atoms with Gasteiger partial charge in [0.15, 0.2) is 0 Å². The van der Waals surface area contributed by atoms with Crippen molar-refractivity contribution in [2.45, 2.75) is 11.0 Å². The molecule has 0 fully saturated rings. The minimum Gasteiger partial charge on any atom is -0.338 e. The molecule has 4 aromatic rings. The highest BCUT2D eigenvalue weighted by Gasteiger charge is 2.46.